The molecule has 0 amide bonds. The minimum atomic E-state index is -2.14. The van der Waals surface area contributed by atoms with Gasteiger partial charge in [-0.05, 0) is 55.6 Å². The van der Waals surface area contributed by atoms with Crippen LogP contribution in [0, 0.1) is 5.92 Å². The molecule has 0 spiro atoms. The van der Waals surface area contributed by atoms with E-state index in [2.05, 4.69) is 31.2 Å². The van der Waals surface area contributed by atoms with E-state index in [0.29, 0.717) is 18.8 Å². The smallest absolute Gasteiger partial charge is 0.206 e. The van der Waals surface area contributed by atoms with Crippen LogP contribution in [0.25, 0.3) is 0 Å². The van der Waals surface area contributed by atoms with Crippen LogP contribution >= 0.6 is 0 Å². The zero-order chi connectivity index (χ0) is 17.4. The van der Waals surface area contributed by atoms with Gasteiger partial charge in [-0.25, -0.2) is 4.39 Å². The van der Waals surface area contributed by atoms with Crippen LogP contribution in [0.2, 0.25) is 0 Å². The predicted octanol–water partition coefficient (Wildman–Crippen LogP) is 7.55. The van der Waals surface area contributed by atoms with E-state index in [1.54, 1.807) is 0 Å². The number of halogens is 3. The molecule has 3 heteroatoms. The van der Waals surface area contributed by atoms with Crippen molar-refractivity contribution in [2.45, 2.75) is 77.0 Å². The van der Waals surface area contributed by atoms with Crippen LogP contribution in [0.1, 0.15) is 81.8 Å². The van der Waals surface area contributed by atoms with Gasteiger partial charge < -0.3 is 0 Å². The molecule has 0 nitrogen and oxygen atoms in total. The molecule has 1 fully saturated rings. The highest BCUT2D eigenvalue weighted by Gasteiger charge is 2.27. The molecule has 1 aromatic carbocycles. The van der Waals surface area contributed by atoms with E-state index >= 15 is 0 Å². The Morgan fingerprint density at radius 3 is 2.08 bits per heavy atom. The van der Waals surface area contributed by atoms with Crippen LogP contribution in [0.3, 0.4) is 0 Å². The van der Waals surface area contributed by atoms with Gasteiger partial charge in [0.1, 0.15) is 0 Å². The normalized spacial score (nSPS) is 20.8. The lowest BCUT2D eigenvalue weighted by Gasteiger charge is -2.27. The molecule has 0 heterocycles. The zero-order valence-corrected chi connectivity index (χ0v) is 14.7. The second-order valence-corrected chi connectivity index (χ2v) is 7.06. The van der Waals surface area contributed by atoms with Gasteiger partial charge in [-0.2, -0.15) is 8.78 Å². The molecule has 1 aliphatic carbocycles. The van der Waals surface area contributed by atoms with Gasteiger partial charge in [-0.3, -0.25) is 0 Å². The minimum Gasteiger partial charge on any atom is -0.206 e. The summed E-state index contributed by atoms with van der Waals surface area (Å²) >= 11 is 0. The Kier molecular flexibility index (Phi) is 7.87. The van der Waals surface area contributed by atoms with Gasteiger partial charge in [0.05, 0.1) is 0 Å². The highest BCUT2D eigenvalue weighted by molar-refractivity contribution is 5.26. The van der Waals surface area contributed by atoms with E-state index in [4.69, 9.17) is 0 Å². The first kappa shape index (κ1) is 19.1. The molecule has 0 aromatic heterocycles. The fourth-order valence-corrected chi connectivity index (χ4v) is 3.72. The second-order valence-electron chi connectivity index (χ2n) is 7.06. The van der Waals surface area contributed by atoms with E-state index in [0.717, 1.165) is 19.3 Å². The highest BCUT2D eigenvalue weighted by atomic mass is 19.3. The van der Waals surface area contributed by atoms with Gasteiger partial charge in [-0.15, -0.1) is 0 Å². The van der Waals surface area contributed by atoms with E-state index in [9.17, 15) is 13.2 Å². The Balaban J connectivity index is 1.79. The molecule has 0 atom stereocenters. The molecule has 1 aromatic rings. The van der Waals surface area contributed by atoms with E-state index in [-0.39, 0.29) is 0 Å². The van der Waals surface area contributed by atoms with Crippen molar-refractivity contribution >= 4 is 0 Å². The maximum absolute atomic E-state index is 13.3. The molecular formula is C21H29F3. The average Bonchev–Trinajstić information content (AvgIpc) is 2.61. The van der Waals surface area contributed by atoms with E-state index < -0.39 is 17.8 Å². The van der Waals surface area contributed by atoms with Gasteiger partial charge in [0.25, 0.3) is 0 Å². The van der Waals surface area contributed by atoms with Crippen molar-refractivity contribution < 1.29 is 13.2 Å². The highest BCUT2D eigenvalue weighted by Crippen LogP contribution is 2.40. The van der Waals surface area contributed by atoms with Gasteiger partial charge in [0.15, 0.2) is 5.83 Å². The van der Waals surface area contributed by atoms with Crippen LogP contribution in [0.4, 0.5) is 13.2 Å². The summed E-state index contributed by atoms with van der Waals surface area (Å²) in [4.78, 5) is 0. The molecule has 0 saturated heterocycles. The summed E-state index contributed by atoms with van der Waals surface area (Å²) in [5, 5.41) is 0. The van der Waals surface area contributed by atoms with Crippen molar-refractivity contribution in [3.05, 3.63) is 47.3 Å². The Labute approximate surface area is 144 Å². The molecule has 2 rings (SSSR count). The van der Waals surface area contributed by atoms with Gasteiger partial charge >= 0.3 is 6.08 Å². The van der Waals surface area contributed by atoms with Gasteiger partial charge in [0, 0.05) is 5.92 Å². The molecule has 1 saturated carbocycles. The van der Waals surface area contributed by atoms with Crippen molar-refractivity contribution in [2.75, 3.05) is 0 Å². The van der Waals surface area contributed by atoms with Crippen LogP contribution in [-0.4, -0.2) is 0 Å². The fraction of sp³-hybridized carbons (Fsp3) is 0.619. The topological polar surface area (TPSA) is 0 Å². The zero-order valence-electron chi connectivity index (χ0n) is 14.7. The predicted molar refractivity (Wildman–Crippen MR) is 94.0 cm³/mol. The lowest BCUT2D eigenvalue weighted by Crippen LogP contribution is -2.14. The number of hydrogen-bond donors (Lipinski definition) is 0. The first-order chi connectivity index (χ1) is 11.6. The van der Waals surface area contributed by atoms with Gasteiger partial charge in [0.2, 0.25) is 0 Å². The summed E-state index contributed by atoms with van der Waals surface area (Å²) in [7, 11) is 0. The summed E-state index contributed by atoms with van der Waals surface area (Å²) in [5.74, 6) is -1.38. The minimum absolute atomic E-state index is 0.385. The Hall–Kier alpha value is -1.25. The van der Waals surface area contributed by atoms with Gasteiger partial charge in [-0.1, -0.05) is 56.9 Å². The van der Waals surface area contributed by atoms with Crippen molar-refractivity contribution in [2.24, 2.45) is 5.92 Å². The van der Waals surface area contributed by atoms with Crippen LogP contribution in [0.15, 0.2) is 36.2 Å². The molecular weight excluding hydrogens is 309 g/mol. The largest absolute Gasteiger partial charge is 0.301 e. The average molecular weight is 338 g/mol. The maximum Gasteiger partial charge on any atom is 0.301 e. The molecule has 1 aliphatic rings. The Morgan fingerprint density at radius 1 is 0.875 bits per heavy atom. The fourth-order valence-electron chi connectivity index (χ4n) is 3.72. The van der Waals surface area contributed by atoms with Crippen molar-refractivity contribution in [1.82, 2.24) is 0 Å². The van der Waals surface area contributed by atoms with E-state index in [1.165, 1.54) is 43.2 Å². The molecule has 0 unspecified atom stereocenters. The number of rotatable bonds is 8. The first-order valence-corrected chi connectivity index (χ1v) is 9.41. The van der Waals surface area contributed by atoms with Crippen LogP contribution in [-0.2, 0) is 6.42 Å². The third-order valence-electron chi connectivity index (χ3n) is 5.29. The van der Waals surface area contributed by atoms with Crippen LogP contribution in [0.5, 0.6) is 0 Å². The van der Waals surface area contributed by atoms with E-state index in [1.807, 2.05) is 0 Å². The Bertz CT molecular complexity index is 506. The third kappa shape index (κ3) is 5.68. The van der Waals surface area contributed by atoms with Crippen molar-refractivity contribution in [3.63, 3.8) is 0 Å². The monoisotopic (exact) mass is 338 g/mol. The summed E-state index contributed by atoms with van der Waals surface area (Å²) in [5.41, 5.74) is 2.64. The number of benzene rings is 1. The summed E-state index contributed by atoms with van der Waals surface area (Å²) in [6.07, 6.45) is 8.07. The summed E-state index contributed by atoms with van der Waals surface area (Å²) < 4.78 is 38.0. The third-order valence-corrected chi connectivity index (χ3v) is 5.29. The maximum atomic E-state index is 13.3. The molecule has 134 valence electrons. The van der Waals surface area contributed by atoms with Crippen LogP contribution < -0.4 is 0 Å². The number of aryl methyl sites for hydroxylation is 1. The lowest BCUT2D eigenvalue weighted by atomic mass is 9.78. The number of allylic oxidation sites excluding steroid dienone is 1. The molecule has 0 radical (unpaired) electrons. The number of hydrogen-bond acceptors (Lipinski definition) is 0. The molecule has 0 aliphatic heterocycles. The Morgan fingerprint density at radius 2 is 1.50 bits per heavy atom. The molecule has 24 heavy (non-hydrogen) atoms. The molecule has 0 bridgehead atoms. The number of unbranched alkanes of at least 4 members (excludes halogenated alkanes) is 4. The summed E-state index contributed by atoms with van der Waals surface area (Å²) in [6.45, 7) is 2.23. The van der Waals surface area contributed by atoms with Crippen molar-refractivity contribution in [1.29, 1.82) is 0 Å². The standard InChI is InChI=1S/C21H29F3/c1-2-3-4-5-6-7-16-8-10-17(11-9-16)18-12-14-19(15-13-18)20(22)21(23)24/h8-11,18-19H,2-7,12-15H2,1H3. The van der Waals surface area contributed by atoms with Crippen molar-refractivity contribution in [3.8, 4) is 0 Å². The molecule has 0 N–H and O–H groups in total. The second kappa shape index (κ2) is 9.90. The SMILES string of the molecule is CCCCCCCc1ccc(C2CCC(C(F)=C(F)F)CC2)cc1. The summed E-state index contributed by atoms with van der Waals surface area (Å²) in [6, 6.07) is 8.74. The lowest BCUT2D eigenvalue weighted by molar-refractivity contribution is 0.281. The quantitative estimate of drug-likeness (QED) is 0.429. The first-order valence-electron chi connectivity index (χ1n) is 9.41.